The van der Waals surface area contributed by atoms with Crippen LogP contribution < -0.4 is 15.5 Å². The van der Waals surface area contributed by atoms with Crippen molar-refractivity contribution >= 4 is 34.5 Å². The van der Waals surface area contributed by atoms with Crippen molar-refractivity contribution < 1.29 is 14.7 Å². The minimum absolute atomic E-state index is 0.0573. The van der Waals surface area contributed by atoms with E-state index < -0.39 is 5.41 Å². The van der Waals surface area contributed by atoms with E-state index in [-0.39, 0.29) is 30.8 Å². The van der Waals surface area contributed by atoms with Gasteiger partial charge in [-0.3, -0.25) is 9.59 Å². The summed E-state index contributed by atoms with van der Waals surface area (Å²) in [6, 6.07) is 7.88. The Balaban J connectivity index is 1.44. The zero-order valence-corrected chi connectivity index (χ0v) is 17.1. The number of rotatable bonds is 4. The number of hydrogen-bond acceptors (Lipinski definition) is 7. The predicted molar refractivity (Wildman–Crippen MR) is 114 cm³/mol. The molecule has 10 heteroatoms. The maximum absolute atomic E-state index is 12.8. The Bertz CT molecular complexity index is 1180. The van der Waals surface area contributed by atoms with Crippen molar-refractivity contribution in [3.8, 4) is 0 Å². The van der Waals surface area contributed by atoms with Crippen molar-refractivity contribution in [3.05, 3.63) is 42.0 Å². The van der Waals surface area contributed by atoms with Crippen molar-refractivity contribution in [2.75, 3.05) is 36.5 Å². The average molecular weight is 421 g/mol. The van der Waals surface area contributed by atoms with Crippen LogP contribution >= 0.6 is 0 Å². The van der Waals surface area contributed by atoms with Crippen LogP contribution in [0.15, 0.2) is 30.6 Å². The number of benzene rings is 1. The minimum Gasteiger partial charge on any atom is -0.395 e. The molecule has 1 spiro atoms. The largest absolute Gasteiger partial charge is 0.395 e. The van der Waals surface area contributed by atoms with E-state index in [0.29, 0.717) is 42.9 Å². The highest BCUT2D eigenvalue weighted by atomic mass is 16.3. The van der Waals surface area contributed by atoms with Crippen LogP contribution in [0.2, 0.25) is 0 Å². The quantitative estimate of drug-likeness (QED) is 0.563. The summed E-state index contributed by atoms with van der Waals surface area (Å²) >= 11 is 0. The number of nitrogens with zero attached hydrogens (tertiary/aromatic N) is 5. The number of aromatic nitrogens is 4. The van der Waals surface area contributed by atoms with Gasteiger partial charge in [-0.15, -0.1) is 0 Å². The molecule has 5 rings (SSSR count). The Morgan fingerprint density at radius 1 is 1.26 bits per heavy atom. The van der Waals surface area contributed by atoms with Gasteiger partial charge < -0.3 is 25.2 Å². The van der Waals surface area contributed by atoms with Crippen LogP contribution in [0.25, 0.3) is 11.2 Å². The average Bonchev–Trinajstić information content (AvgIpc) is 3.27. The summed E-state index contributed by atoms with van der Waals surface area (Å²) in [5.74, 6) is 0.547. The molecule has 3 aromatic rings. The third kappa shape index (κ3) is 2.94. The molecule has 0 saturated carbocycles. The second kappa shape index (κ2) is 7.31. The highest BCUT2D eigenvalue weighted by Gasteiger charge is 2.48. The van der Waals surface area contributed by atoms with Gasteiger partial charge in [0.05, 0.1) is 12.0 Å². The number of aliphatic hydroxyl groups excluding tert-OH is 1. The van der Waals surface area contributed by atoms with Gasteiger partial charge in [-0.2, -0.15) is 0 Å². The molecule has 2 aliphatic heterocycles. The molecule has 4 heterocycles. The number of anilines is 2. The van der Waals surface area contributed by atoms with Crippen LogP contribution in [0.1, 0.15) is 29.0 Å². The van der Waals surface area contributed by atoms with Crippen LogP contribution in [-0.4, -0.2) is 62.7 Å². The summed E-state index contributed by atoms with van der Waals surface area (Å²) in [4.78, 5) is 40.6. The Labute approximate surface area is 178 Å². The number of nitrogens with one attached hydrogen (secondary N) is 2. The fraction of sp³-hybridized carbons (Fsp3) is 0.381. The molecule has 31 heavy (non-hydrogen) atoms. The lowest BCUT2D eigenvalue weighted by molar-refractivity contribution is -0.121. The minimum atomic E-state index is -0.515. The lowest BCUT2D eigenvalue weighted by Crippen LogP contribution is -2.46. The van der Waals surface area contributed by atoms with E-state index in [9.17, 15) is 9.59 Å². The number of carbonyl (C=O) groups is 2. The lowest BCUT2D eigenvalue weighted by Gasteiger charge is -2.38. The molecule has 1 saturated heterocycles. The van der Waals surface area contributed by atoms with Gasteiger partial charge in [0.1, 0.15) is 6.33 Å². The molecule has 2 aliphatic rings. The first kappa shape index (κ1) is 19.4. The number of carbonyl (C=O) groups excluding carboxylic acids is 2. The first-order chi connectivity index (χ1) is 15.0. The lowest BCUT2D eigenvalue weighted by atomic mass is 9.73. The number of hydrogen-bond donors (Lipinski definition) is 3. The summed E-state index contributed by atoms with van der Waals surface area (Å²) < 4.78 is 1.62. The fourth-order valence-corrected chi connectivity index (χ4v) is 4.64. The normalized spacial score (nSPS) is 17.1. The molecule has 1 aromatic carbocycles. The smallest absolute Gasteiger partial charge is 0.287 e. The first-order valence-corrected chi connectivity index (χ1v) is 10.3. The number of aliphatic hydroxyl groups is 1. The third-order valence-corrected chi connectivity index (χ3v) is 6.28. The van der Waals surface area contributed by atoms with Gasteiger partial charge in [0.15, 0.2) is 17.0 Å². The topological polar surface area (TPSA) is 125 Å². The number of imidazole rings is 1. The zero-order chi connectivity index (χ0) is 21.6. The van der Waals surface area contributed by atoms with Crippen molar-refractivity contribution in [3.63, 3.8) is 0 Å². The number of para-hydroxylation sites is 1. The van der Waals surface area contributed by atoms with Crippen LogP contribution in [0.4, 0.5) is 11.5 Å². The van der Waals surface area contributed by atoms with Gasteiger partial charge in [0, 0.05) is 32.4 Å². The monoisotopic (exact) mass is 421 g/mol. The van der Waals surface area contributed by atoms with Crippen LogP contribution in [-0.2, 0) is 17.3 Å². The number of piperidine rings is 1. The summed E-state index contributed by atoms with van der Waals surface area (Å²) in [6.45, 7) is 1.28. The van der Waals surface area contributed by atoms with Gasteiger partial charge in [-0.25, -0.2) is 15.0 Å². The van der Waals surface area contributed by atoms with Crippen LogP contribution in [0.3, 0.4) is 0 Å². The molecule has 1 fully saturated rings. The summed E-state index contributed by atoms with van der Waals surface area (Å²) in [6.07, 6.45) is 2.80. The summed E-state index contributed by atoms with van der Waals surface area (Å²) in [5, 5.41) is 14.6. The molecule has 2 amide bonds. The Morgan fingerprint density at radius 3 is 2.81 bits per heavy atom. The Kier molecular flexibility index (Phi) is 4.58. The maximum atomic E-state index is 12.8. The molecular weight excluding hydrogens is 398 g/mol. The molecule has 3 N–H and O–H groups in total. The third-order valence-electron chi connectivity index (χ3n) is 6.28. The van der Waals surface area contributed by atoms with E-state index in [1.54, 1.807) is 11.6 Å². The molecule has 0 unspecified atom stereocenters. The zero-order valence-electron chi connectivity index (χ0n) is 17.1. The van der Waals surface area contributed by atoms with Gasteiger partial charge >= 0.3 is 0 Å². The standard InChI is InChI=1S/C21H23N7O3/c1-27-16-15(26-18(27)19(30)22-8-11-29)17(24-12-23-16)28-9-6-21(7-10-28)13-4-2-3-5-14(13)25-20(21)31/h2-5,12,29H,6-11H2,1H3,(H,22,30)(H,25,31). The highest BCUT2D eigenvalue weighted by molar-refractivity contribution is 6.06. The maximum Gasteiger partial charge on any atom is 0.287 e. The molecule has 2 aromatic heterocycles. The van der Waals surface area contributed by atoms with Gasteiger partial charge in [-0.1, -0.05) is 18.2 Å². The second-order valence-corrected chi connectivity index (χ2v) is 7.91. The molecular formula is C21H23N7O3. The Hall–Kier alpha value is -3.53. The number of fused-ring (bicyclic) bond motifs is 3. The molecule has 0 atom stereocenters. The van der Waals surface area contributed by atoms with Crippen molar-refractivity contribution in [1.29, 1.82) is 0 Å². The van der Waals surface area contributed by atoms with Gasteiger partial charge in [-0.05, 0) is 24.5 Å². The molecule has 0 aliphatic carbocycles. The van der Waals surface area contributed by atoms with Crippen molar-refractivity contribution in [2.24, 2.45) is 7.05 Å². The Morgan fingerprint density at radius 2 is 2.03 bits per heavy atom. The summed E-state index contributed by atoms with van der Waals surface area (Å²) in [5.41, 5.74) is 2.55. The van der Waals surface area contributed by atoms with Gasteiger partial charge in [0.25, 0.3) is 5.91 Å². The SMILES string of the molecule is Cn1c(C(=O)NCCO)nc2c(N3CCC4(CC3)C(=O)Nc3ccccc34)ncnc21. The molecule has 0 radical (unpaired) electrons. The molecule has 10 nitrogen and oxygen atoms in total. The van der Waals surface area contributed by atoms with Gasteiger partial charge in [0.2, 0.25) is 11.7 Å². The van der Waals surface area contributed by atoms with E-state index in [1.165, 1.54) is 6.33 Å². The van der Waals surface area contributed by atoms with E-state index in [2.05, 4.69) is 30.5 Å². The summed E-state index contributed by atoms with van der Waals surface area (Å²) in [7, 11) is 1.73. The van der Waals surface area contributed by atoms with E-state index in [1.807, 2.05) is 24.3 Å². The highest BCUT2D eigenvalue weighted by Crippen LogP contribution is 2.45. The second-order valence-electron chi connectivity index (χ2n) is 7.91. The number of amides is 2. The van der Waals surface area contributed by atoms with E-state index >= 15 is 0 Å². The number of aryl methyl sites for hydroxylation is 1. The molecule has 160 valence electrons. The fourth-order valence-electron chi connectivity index (χ4n) is 4.64. The first-order valence-electron chi connectivity index (χ1n) is 10.3. The predicted octanol–water partition coefficient (Wildman–Crippen LogP) is 0.576. The van der Waals surface area contributed by atoms with Crippen LogP contribution in [0, 0.1) is 0 Å². The van der Waals surface area contributed by atoms with Crippen LogP contribution in [0.5, 0.6) is 0 Å². The van der Waals surface area contributed by atoms with E-state index in [4.69, 9.17) is 5.11 Å². The van der Waals surface area contributed by atoms with Crippen molar-refractivity contribution in [1.82, 2.24) is 24.8 Å². The van der Waals surface area contributed by atoms with Crippen molar-refractivity contribution in [2.45, 2.75) is 18.3 Å². The van der Waals surface area contributed by atoms with E-state index in [0.717, 1.165) is 11.3 Å². The molecule has 0 bridgehead atoms.